The van der Waals surface area contributed by atoms with Gasteiger partial charge in [-0.25, -0.2) is 4.79 Å². The first-order valence-electron chi connectivity index (χ1n) is 13.5. The number of H-pyrrole nitrogens is 1. The second-order valence-electron chi connectivity index (χ2n) is 10.2. The molecule has 1 aromatic heterocycles. The first-order valence-corrected chi connectivity index (χ1v) is 13.5. The van der Waals surface area contributed by atoms with Crippen molar-refractivity contribution in [3.8, 4) is 11.5 Å². The fourth-order valence-electron chi connectivity index (χ4n) is 4.76. The van der Waals surface area contributed by atoms with Gasteiger partial charge in [-0.3, -0.25) is 0 Å². The first-order chi connectivity index (χ1) is 18.9. The number of benzene rings is 3. The molecule has 5 rings (SSSR count). The maximum atomic E-state index is 10.5. The van der Waals surface area contributed by atoms with Gasteiger partial charge in [-0.1, -0.05) is 30.3 Å². The van der Waals surface area contributed by atoms with Gasteiger partial charge in [-0.2, -0.15) is 0 Å². The van der Waals surface area contributed by atoms with Crippen molar-refractivity contribution >= 4 is 16.9 Å². The second kappa shape index (κ2) is 13.8. The van der Waals surface area contributed by atoms with E-state index in [1.807, 2.05) is 30.5 Å². The number of carboxylic acids is 1. The molecule has 3 aromatic carbocycles. The lowest BCUT2D eigenvalue weighted by Crippen LogP contribution is -2.41. The average molecular weight is 531 g/mol. The number of aliphatic hydroxyl groups excluding tert-OH is 1. The number of aromatic amines is 1. The zero-order valence-corrected chi connectivity index (χ0v) is 22.7. The number of hydrogen-bond acceptors (Lipinski definition) is 5. The minimum Gasteiger partial charge on any atom is -0.493 e. The molecule has 0 radical (unpaired) electrons. The molecule has 1 aliphatic rings. The molecule has 1 saturated heterocycles. The number of likely N-dealkylation sites (tertiary alicyclic amines) is 1. The quantitative estimate of drug-likeness (QED) is 0.257. The monoisotopic (exact) mass is 530 g/mol. The van der Waals surface area contributed by atoms with Gasteiger partial charge < -0.3 is 29.6 Å². The summed E-state index contributed by atoms with van der Waals surface area (Å²) in [6, 6.07) is 22.7. The van der Waals surface area contributed by atoms with E-state index in [9.17, 15) is 9.90 Å². The highest BCUT2D eigenvalue weighted by molar-refractivity contribution is 5.87. The van der Waals surface area contributed by atoms with Crippen molar-refractivity contribution in [1.29, 1.82) is 0 Å². The third kappa shape index (κ3) is 8.60. The van der Waals surface area contributed by atoms with E-state index < -0.39 is 12.1 Å². The van der Waals surface area contributed by atoms with Crippen molar-refractivity contribution in [3.63, 3.8) is 0 Å². The molecule has 0 spiro atoms. The van der Waals surface area contributed by atoms with Crippen LogP contribution in [0.2, 0.25) is 0 Å². The number of carboxylic acid groups (broad SMARTS) is 1. The number of nitrogens with zero attached hydrogens (tertiary/aromatic N) is 1. The van der Waals surface area contributed by atoms with Crippen LogP contribution in [0.25, 0.3) is 10.9 Å². The van der Waals surface area contributed by atoms with Crippen molar-refractivity contribution in [2.45, 2.75) is 32.8 Å². The number of aryl methyl sites for hydroxylation is 2. The normalized spacial score (nSPS) is 14.8. The van der Waals surface area contributed by atoms with Crippen LogP contribution < -0.4 is 9.47 Å². The van der Waals surface area contributed by atoms with E-state index in [4.69, 9.17) is 14.6 Å². The van der Waals surface area contributed by atoms with Crippen LogP contribution in [-0.4, -0.2) is 65.0 Å². The number of fused-ring (bicyclic) bond motifs is 1. The Morgan fingerprint density at radius 3 is 2.44 bits per heavy atom. The molecule has 7 nitrogen and oxygen atoms in total. The molecule has 4 aromatic rings. The van der Waals surface area contributed by atoms with Crippen LogP contribution in [0.3, 0.4) is 0 Å². The molecule has 39 heavy (non-hydrogen) atoms. The van der Waals surface area contributed by atoms with Crippen molar-refractivity contribution < 1.29 is 24.5 Å². The highest BCUT2D eigenvalue weighted by Crippen LogP contribution is 2.27. The summed E-state index contributed by atoms with van der Waals surface area (Å²) in [4.78, 5) is 15.8. The van der Waals surface area contributed by atoms with E-state index in [1.54, 1.807) is 30.3 Å². The molecular formula is C32H38N2O5. The van der Waals surface area contributed by atoms with Crippen LogP contribution in [0.15, 0.2) is 79.0 Å². The van der Waals surface area contributed by atoms with Crippen LogP contribution in [0, 0.1) is 19.8 Å². The van der Waals surface area contributed by atoms with Gasteiger partial charge >= 0.3 is 5.97 Å². The molecule has 1 fully saturated rings. The van der Waals surface area contributed by atoms with Crippen LogP contribution in [0.5, 0.6) is 11.5 Å². The smallest absolute Gasteiger partial charge is 0.335 e. The zero-order valence-electron chi connectivity index (χ0n) is 22.7. The Balaban J connectivity index is 0.000000333. The Hall–Kier alpha value is -3.81. The molecule has 3 N–H and O–H groups in total. The fourth-order valence-corrected chi connectivity index (χ4v) is 4.76. The Morgan fingerprint density at radius 1 is 0.974 bits per heavy atom. The van der Waals surface area contributed by atoms with Crippen molar-refractivity contribution in [1.82, 2.24) is 9.88 Å². The second-order valence-corrected chi connectivity index (χ2v) is 10.2. The van der Waals surface area contributed by atoms with E-state index in [0.717, 1.165) is 60.5 Å². The number of carbonyl (C=O) groups is 1. The molecule has 1 atom stereocenters. The number of nitrogens with one attached hydrogen (secondary N) is 1. The van der Waals surface area contributed by atoms with Gasteiger partial charge in [0.15, 0.2) is 0 Å². The predicted molar refractivity (Wildman–Crippen MR) is 154 cm³/mol. The Kier molecular flexibility index (Phi) is 10.00. The minimum absolute atomic E-state index is 0.306. The first kappa shape index (κ1) is 28.2. The van der Waals surface area contributed by atoms with E-state index in [-0.39, 0.29) is 0 Å². The van der Waals surface area contributed by atoms with Crippen molar-refractivity contribution in [3.05, 3.63) is 95.7 Å². The summed E-state index contributed by atoms with van der Waals surface area (Å²) < 4.78 is 11.9. The molecular weight excluding hydrogens is 492 g/mol. The summed E-state index contributed by atoms with van der Waals surface area (Å²) in [7, 11) is 0. The lowest BCUT2D eigenvalue weighted by Gasteiger charge is -2.33. The number of aromatic carboxylic acids is 1. The lowest BCUT2D eigenvalue weighted by molar-refractivity contribution is 0.0507. The average Bonchev–Trinajstić information content (AvgIpc) is 3.41. The summed E-state index contributed by atoms with van der Waals surface area (Å²) in [5.41, 5.74) is 3.76. The molecule has 2 heterocycles. The van der Waals surface area contributed by atoms with Gasteiger partial charge in [0.2, 0.25) is 0 Å². The topological polar surface area (TPSA) is 95.0 Å². The largest absolute Gasteiger partial charge is 0.493 e. The number of piperidine rings is 1. The van der Waals surface area contributed by atoms with Gasteiger partial charge in [0.05, 0.1) is 12.2 Å². The van der Waals surface area contributed by atoms with Crippen molar-refractivity contribution in [2.75, 3.05) is 32.8 Å². The predicted octanol–water partition coefficient (Wildman–Crippen LogP) is 5.70. The van der Waals surface area contributed by atoms with Gasteiger partial charge in [-0.05, 0) is 99.3 Å². The van der Waals surface area contributed by atoms with Gasteiger partial charge in [0, 0.05) is 23.6 Å². The summed E-state index contributed by atoms with van der Waals surface area (Å²) >= 11 is 0. The molecule has 206 valence electrons. The number of hydrogen-bond donors (Lipinski definition) is 3. The fraction of sp³-hybridized carbons (Fsp3) is 0.344. The minimum atomic E-state index is -0.879. The molecule has 0 bridgehead atoms. The summed E-state index contributed by atoms with van der Waals surface area (Å²) in [5, 5.41) is 19.9. The van der Waals surface area contributed by atoms with Crippen LogP contribution in [0.1, 0.15) is 34.3 Å². The van der Waals surface area contributed by atoms with E-state index in [1.165, 1.54) is 5.56 Å². The van der Waals surface area contributed by atoms with E-state index >= 15 is 0 Å². The Morgan fingerprint density at radius 2 is 1.74 bits per heavy atom. The van der Waals surface area contributed by atoms with Crippen LogP contribution >= 0.6 is 0 Å². The van der Waals surface area contributed by atoms with E-state index in [0.29, 0.717) is 24.6 Å². The highest BCUT2D eigenvalue weighted by atomic mass is 16.5. The maximum Gasteiger partial charge on any atom is 0.335 e. The molecule has 0 amide bonds. The number of aromatic nitrogens is 1. The number of aliphatic hydroxyl groups is 1. The van der Waals surface area contributed by atoms with Crippen LogP contribution in [0.4, 0.5) is 0 Å². The van der Waals surface area contributed by atoms with Gasteiger partial charge in [0.1, 0.15) is 24.2 Å². The van der Waals surface area contributed by atoms with Gasteiger partial charge in [-0.15, -0.1) is 0 Å². The third-order valence-corrected chi connectivity index (χ3v) is 6.88. The molecule has 1 unspecified atom stereocenters. The van der Waals surface area contributed by atoms with Crippen LogP contribution in [-0.2, 0) is 0 Å². The summed E-state index contributed by atoms with van der Waals surface area (Å²) in [6.07, 6.45) is 3.61. The molecule has 7 heteroatoms. The molecule has 0 saturated carbocycles. The maximum absolute atomic E-state index is 10.5. The van der Waals surface area contributed by atoms with E-state index in [2.05, 4.69) is 41.9 Å². The SMILES string of the molecule is Cc1cccc(OCC2CCN(CC(O)COc3cc(C)cc4[nH]ccc34)CC2)c1.O=C(O)c1ccccc1. The number of rotatable bonds is 9. The third-order valence-electron chi connectivity index (χ3n) is 6.88. The number of ether oxygens (including phenoxy) is 2. The Labute approximate surface area is 230 Å². The zero-order chi connectivity index (χ0) is 27.6. The number of β-amino-alcohol motifs (C(OH)–C–C–N with tert-alkyl or cyclic N) is 1. The molecule has 1 aliphatic heterocycles. The Bertz CT molecular complexity index is 1330. The highest BCUT2D eigenvalue weighted by Gasteiger charge is 2.22. The molecule has 0 aliphatic carbocycles. The standard InChI is InChI=1S/C25H32N2O3.C7H6O2/c1-18-4-3-5-22(12-18)29-16-20-7-10-27(11-8-20)15-21(28)17-30-25-14-19(2)13-24-23(25)6-9-26-24;8-7(9)6-4-2-1-3-5-6/h3-6,9,12-14,20-21,26,28H,7-8,10-11,15-17H2,1-2H3;1-5H,(H,8,9). The van der Waals surface area contributed by atoms with Gasteiger partial charge in [0.25, 0.3) is 0 Å². The summed E-state index contributed by atoms with van der Waals surface area (Å²) in [6.45, 7) is 7.84. The summed E-state index contributed by atoms with van der Waals surface area (Å²) in [5.74, 6) is 1.48. The van der Waals surface area contributed by atoms with Crippen molar-refractivity contribution in [2.24, 2.45) is 5.92 Å². The lowest BCUT2D eigenvalue weighted by atomic mass is 9.97.